The molecule has 0 saturated carbocycles. The fourth-order valence-electron chi connectivity index (χ4n) is 2.46. The molecule has 0 spiro atoms. The van der Waals surface area contributed by atoms with Crippen LogP contribution in [0.5, 0.6) is 0 Å². The van der Waals surface area contributed by atoms with E-state index in [1.807, 2.05) is 19.9 Å². The molecule has 1 N–H and O–H groups in total. The van der Waals surface area contributed by atoms with Crippen LogP contribution in [0.4, 0.5) is 0 Å². The average Bonchev–Trinajstić information content (AvgIpc) is 3.17. The lowest BCUT2D eigenvalue weighted by Crippen LogP contribution is -2.25. The number of hydrogen-bond acceptors (Lipinski definition) is 7. The molecule has 0 aliphatic carbocycles. The molecule has 0 saturated heterocycles. The third kappa shape index (κ3) is 3.05. The normalized spacial score (nSPS) is 11.3. The summed E-state index contributed by atoms with van der Waals surface area (Å²) in [6.45, 7) is 4.34. The molecule has 1 aromatic carbocycles. The zero-order chi connectivity index (χ0) is 17.4. The molecule has 8 nitrogen and oxygen atoms in total. The maximum Gasteiger partial charge on any atom is 0.251 e. The van der Waals surface area contributed by atoms with Gasteiger partial charge in [0.15, 0.2) is 0 Å². The highest BCUT2D eigenvalue weighted by molar-refractivity contribution is 7.16. The Bertz CT molecular complexity index is 1060. The molecule has 0 aliphatic rings. The van der Waals surface area contributed by atoms with Crippen LogP contribution < -0.4 is 5.32 Å². The van der Waals surface area contributed by atoms with Crippen molar-refractivity contribution in [3.05, 3.63) is 46.5 Å². The lowest BCUT2D eigenvalue weighted by molar-refractivity contribution is 0.0954. The molecule has 3 aromatic heterocycles. The van der Waals surface area contributed by atoms with Crippen molar-refractivity contribution in [2.45, 2.75) is 20.3 Å². The second-order valence-electron chi connectivity index (χ2n) is 5.66. The summed E-state index contributed by atoms with van der Waals surface area (Å²) in [6.07, 6.45) is 2.21. The molecular weight excluding hydrogens is 338 g/mol. The van der Waals surface area contributed by atoms with Crippen LogP contribution in [0.25, 0.3) is 16.0 Å². The molecule has 0 fully saturated rings. The van der Waals surface area contributed by atoms with Gasteiger partial charge in [0.25, 0.3) is 5.91 Å². The average molecular weight is 353 g/mol. The highest BCUT2D eigenvalue weighted by Crippen LogP contribution is 2.15. The van der Waals surface area contributed by atoms with Crippen LogP contribution in [-0.2, 0) is 6.42 Å². The van der Waals surface area contributed by atoms with Gasteiger partial charge in [0.1, 0.15) is 11.3 Å². The molecule has 4 rings (SSSR count). The van der Waals surface area contributed by atoms with E-state index in [1.165, 1.54) is 11.3 Å². The number of benzene rings is 1. The van der Waals surface area contributed by atoms with Gasteiger partial charge >= 0.3 is 0 Å². The van der Waals surface area contributed by atoms with Crippen LogP contribution in [0.15, 0.2) is 24.5 Å². The van der Waals surface area contributed by atoms with Crippen LogP contribution in [0.1, 0.15) is 26.8 Å². The number of carbonyl (C=O) groups excluding carboxylic acids is 1. The third-order valence-corrected chi connectivity index (χ3v) is 4.86. The summed E-state index contributed by atoms with van der Waals surface area (Å²) in [5.41, 5.74) is 3.86. The topological polar surface area (TPSA) is 98.0 Å². The maximum atomic E-state index is 12.3. The summed E-state index contributed by atoms with van der Waals surface area (Å²) < 4.78 is 1.63. The smallest absolute Gasteiger partial charge is 0.251 e. The maximum absolute atomic E-state index is 12.3. The molecule has 126 valence electrons. The summed E-state index contributed by atoms with van der Waals surface area (Å²) in [6, 6.07) is 5.37. The van der Waals surface area contributed by atoms with E-state index >= 15 is 0 Å². The standard InChI is InChI=1S/C16H15N7OS/c1-9-10(2)20-13-7-11(3-4-12(13)19-9)15(24)17-6-5-14-22-23-8-18-21-16(23)25-14/h3-4,7-8H,5-6H2,1-2H3,(H,17,24). The van der Waals surface area contributed by atoms with E-state index in [0.717, 1.165) is 32.4 Å². The second kappa shape index (κ2) is 6.17. The lowest BCUT2D eigenvalue weighted by Gasteiger charge is -2.06. The van der Waals surface area contributed by atoms with Gasteiger partial charge in [-0.25, -0.2) is 9.97 Å². The first-order valence-corrected chi connectivity index (χ1v) is 8.61. The Hall–Kier alpha value is -2.94. The van der Waals surface area contributed by atoms with Gasteiger partial charge in [-0.1, -0.05) is 11.3 Å². The fraction of sp³-hybridized carbons (Fsp3) is 0.250. The van der Waals surface area contributed by atoms with E-state index in [0.29, 0.717) is 18.5 Å². The Balaban J connectivity index is 1.44. The van der Waals surface area contributed by atoms with Gasteiger partial charge in [-0.3, -0.25) is 4.79 Å². The highest BCUT2D eigenvalue weighted by atomic mass is 32.1. The van der Waals surface area contributed by atoms with E-state index in [2.05, 4.69) is 30.6 Å². The van der Waals surface area contributed by atoms with Gasteiger partial charge in [-0.05, 0) is 32.0 Å². The number of amides is 1. The van der Waals surface area contributed by atoms with E-state index in [9.17, 15) is 4.79 Å². The van der Waals surface area contributed by atoms with E-state index < -0.39 is 0 Å². The first kappa shape index (κ1) is 15.6. The summed E-state index contributed by atoms with van der Waals surface area (Å²) in [4.78, 5) is 22.1. The highest BCUT2D eigenvalue weighted by Gasteiger charge is 2.10. The molecule has 0 unspecified atom stereocenters. The van der Waals surface area contributed by atoms with Gasteiger partial charge in [-0.15, -0.1) is 10.2 Å². The number of rotatable bonds is 4. The van der Waals surface area contributed by atoms with Crippen molar-refractivity contribution >= 4 is 33.2 Å². The largest absolute Gasteiger partial charge is 0.352 e. The number of fused-ring (bicyclic) bond motifs is 2. The van der Waals surface area contributed by atoms with E-state index in [-0.39, 0.29) is 5.91 Å². The van der Waals surface area contributed by atoms with Gasteiger partial charge in [0.2, 0.25) is 4.96 Å². The Morgan fingerprint density at radius 3 is 2.80 bits per heavy atom. The van der Waals surface area contributed by atoms with Crippen molar-refractivity contribution in [3.8, 4) is 0 Å². The zero-order valence-electron chi connectivity index (χ0n) is 13.7. The van der Waals surface area contributed by atoms with Crippen molar-refractivity contribution in [2.75, 3.05) is 6.54 Å². The van der Waals surface area contributed by atoms with Gasteiger partial charge in [-0.2, -0.15) is 9.61 Å². The molecule has 0 radical (unpaired) electrons. The number of nitrogens with zero attached hydrogens (tertiary/aromatic N) is 6. The number of hydrogen-bond donors (Lipinski definition) is 1. The third-order valence-electron chi connectivity index (χ3n) is 3.89. The molecule has 0 bridgehead atoms. The predicted octanol–water partition coefficient (Wildman–Crippen LogP) is 1.72. The summed E-state index contributed by atoms with van der Waals surface area (Å²) in [5.74, 6) is -0.134. The van der Waals surface area contributed by atoms with Crippen molar-refractivity contribution in [3.63, 3.8) is 0 Å². The quantitative estimate of drug-likeness (QED) is 0.600. The monoisotopic (exact) mass is 353 g/mol. The number of nitrogens with one attached hydrogen (secondary N) is 1. The van der Waals surface area contributed by atoms with E-state index in [1.54, 1.807) is 23.0 Å². The molecule has 3 heterocycles. The predicted molar refractivity (Wildman–Crippen MR) is 93.7 cm³/mol. The van der Waals surface area contributed by atoms with E-state index in [4.69, 9.17) is 0 Å². The molecule has 0 atom stereocenters. The van der Waals surface area contributed by atoms with Crippen molar-refractivity contribution in [1.29, 1.82) is 0 Å². The number of aryl methyl sites for hydroxylation is 2. The minimum atomic E-state index is -0.134. The lowest BCUT2D eigenvalue weighted by atomic mass is 10.1. The fourth-order valence-corrected chi connectivity index (χ4v) is 3.27. The SMILES string of the molecule is Cc1nc2ccc(C(=O)NCCc3nn4cnnc4s3)cc2nc1C. The molecular formula is C16H15N7OS. The second-order valence-corrected chi connectivity index (χ2v) is 6.70. The molecule has 0 aliphatic heterocycles. The van der Waals surface area contributed by atoms with Crippen LogP contribution in [0.2, 0.25) is 0 Å². The Morgan fingerprint density at radius 1 is 1.20 bits per heavy atom. The zero-order valence-corrected chi connectivity index (χ0v) is 14.5. The van der Waals surface area contributed by atoms with Gasteiger partial charge in [0, 0.05) is 18.5 Å². The van der Waals surface area contributed by atoms with Crippen LogP contribution in [-0.4, -0.2) is 42.2 Å². The Labute approximate surface area is 146 Å². The van der Waals surface area contributed by atoms with Crippen molar-refractivity contribution in [1.82, 2.24) is 35.1 Å². The summed E-state index contributed by atoms with van der Waals surface area (Å²) >= 11 is 1.46. The number of carbonyl (C=O) groups is 1. The number of aromatic nitrogens is 6. The van der Waals surface area contributed by atoms with Crippen LogP contribution >= 0.6 is 11.3 Å². The van der Waals surface area contributed by atoms with Gasteiger partial charge < -0.3 is 5.32 Å². The summed E-state index contributed by atoms with van der Waals surface area (Å²) in [5, 5.41) is 15.9. The molecule has 9 heteroatoms. The molecule has 25 heavy (non-hydrogen) atoms. The van der Waals surface area contributed by atoms with Crippen molar-refractivity contribution in [2.24, 2.45) is 0 Å². The molecule has 1 amide bonds. The van der Waals surface area contributed by atoms with Crippen molar-refractivity contribution < 1.29 is 4.79 Å². The van der Waals surface area contributed by atoms with Gasteiger partial charge in [0.05, 0.1) is 22.4 Å². The minimum absolute atomic E-state index is 0.134. The van der Waals surface area contributed by atoms with Crippen LogP contribution in [0.3, 0.4) is 0 Å². The Kier molecular flexibility index (Phi) is 3.85. The Morgan fingerprint density at radius 2 is 2.00 bits per heavy atom. The first-order valence-electron chi connectivity index (χ1n) is 7.79. The molecule has 4 aromatic rings. The van der Waals surface area contributed by atoms with Crippen LogP contribution in [0, 0.1) is 13.8 Å². The minimum Gasteiger partial charge on any atom is -0.352 e. The summed E-state index contributed by atoms with van der Waals surface area (Å²) in [7, 11) is 0. The first-order chi connectivity index (χ1) is 12.1.